The van der Waals surface area contributed by atoms with E-state index in [4.69, 9.17) is 9.47 Å². The molecule has 0 atom stereocenters. The van der Waals surface area contributed by atoms with Crippen LogP contribution in [0.1, 0.15) is 44.7 Å². The molecule has 0 aromatic heterocycles. The second kappa shape index (κ2) is 12.5. The molecule has 33 heavy (non-hydrogen) atoms. The van der Waals surface area contributed by atoms with Crippen molar-refractivity contribution < 1.29 is 23.9 Å². The van der Waals surface area contributed by atoms with E-state index >= 15 is 0 Å². The van der Waals surface area contributed by atoms with Crippen LogP contribution in [0.5, 0.6) is 5.75 Å². The summed E-state index contributed by atoms with van der Waals surface area (Å²) < 4.78 is 10.4. The number of aryl methyl sites for hydroxylation is 1. The Hall–Kier alpha value is -3.55. The quantitative estimate of drug-likeness (QED) is 0.505. The average molecular weight is 456 g/mol. The molecule has 0 aliphatic carbocycles. The van der Waals surface area contributed by atoms with E-state index < -0.39 is 11.7 Å². The lowest BCUT2D eigenvalue weighted by Gasteiger charge is -2.19. The molecule has 8 heteroatoms. The number of hydrogen-bond acceptors (Lipinski definition) is 5. The average Bonchev–Trinajstić information content (AvgIpc) is 2.76. The molecule has 0 unspecified atom stereocenters. The minimum absolute atomic E-state index is 0.0838. The van der Waals surface area contributed by atoms with Gasteiger partial charge in [-0.2, -0.15) is 0 Å². The largest absolute Gasteiger partial charge is 0.496 e. The van der Waals surface area contributed by atoms with E-state index in [0.717, 1.165) is 16.9 Å². The Balaban J connectivity index is 1.69. The van der Waals surface area contributed by atoms with E-state index in [1.807, 2.05) is 36.4 Å². The number of anilines is 1. The molecule has 0 saturated carbocycles. The van der Waals surface area contributed by atoms with Gasteiger partial charge in [-0.05, 0) is 56.5 Å². The summed E-state index contributed by atoms with van der Waals surface area (Å²) in [4.78, 5) is 35.8. The topological polar surface area (TPSA) is 106 Å². The summed E-state index contributed by atoms with van der Waals surface area (Å²) in [5, 5.41) is 8.23. The first kappa shape index (κ1) is 25.7. The number of amides is 3. The molecular weight excluding hydrogens is 422 g/mol. The van der Waals surface area contributed by atoms with Gasteiger partial charge in [-0.3, -0.25) is 9.59 Å². The Bertz CT molecular complexity index is 936. The standard InChI is InChI=1S/C25H33N3O5/c1-25(2,3)33-24(31)26-16-15-22(29)27-17-18-9-12-20(13-10-18)28-23(30)14-11-19-7-5-6-8-21(19)32-4/h5-10,12-13H,11,14-17H2,1-4H3,(H,26,31)(H,27,29)(H,28,30). The van der Waals surface area contributed by atoms with Gasteiger partial charge >= 0.3 is 6.09 Å². The molecule has 0 bridgehead atoms. The van der Waals surface area contributed by atoms with Gasteiger partial charge in [-0.1, -0.05) is 30.3 Å². The van der Waals surface area contributed by atoms with Crippen molar-refractivity contribution in [2.75, 3.05) is 19.0 Å². The highest BCUT2D eigenvalue weighted by molar-refractivity contribution is 5.90. The van der Waals surface area contributed by atoms with E-state index in [0.29, 0.717) is 25.1 Å². The molecule has 0 fully saturated rings. The second-order valence-electron chi connectivity index (χ2n) is 8.51. The van der Waals surface area contributed by atoms with Gasteiger partial charge in [0.05, 0.1) is 7.11 Å². The zero-order valence-electron chi connectivity index (χ0n) is 19.7. The number of hydrogen-bond donors (Lipinski definition) is 3. The van der Waals surface area contributed by atoms with Gasteiger partial charge < -0.3 is 25.4 Å². The molecule has 2 aromatic rings. The van der Waals surface area contributed by atoms with Crippen molar-refractivity contribution in [3.8, 4) is 5.75 Å². The van der Waals surface area contributed by atoms with Gasteiger partial charge in [0.15, 0.2) is 0 Å². The highest BCUT2D eigenvalue weighted by Crippen LogP contribution is 2.19. The van der Waals surface area contributed by atoms with Crippen LogP contribution < -0.4 is 20.7 Å². The fraction of sp³-hybridized carbons (Fsp3) is 0.400. The van der Waals surface area contributed by atoms with Gasteiger partial charge in [0.2, 0.25) is 11.8 Å². The number of benzene rings is 2. The number of methoxy groups -OCH3 is 1. The highest BCUT2D eigenvalue weighted by atomic mass is 16.6. The Labute approximate surface area is 195 Å². The maximum atomic E-state index is 12.3. The SMILES string of the molecule is COc1ccccc1CCC(=O)Nc1ccc(CNC(=O)CCNC(=O)OC(C)(C)C)cc1. The number of carbonyl (C=O) groups excluding carboxylic acids is 3. The number of para-hydroxylation sites is 1. The molecule has 3 amide bonds. The zero-order chi connectivity index (χ0) is 24.3. The summed E-state index contributed by atoms with van der Waals surface area (Å²) in [6.45, 7) is 5.88. The van der Waals surface area contributed by atoms with Crippen LogP contribution in [0.3, 0.4) is 0 Å². The maximum Gasteiger partial charge on any atom is 0.407 e. The van der Waals surface area contributed by atoms with Gasteiger partial charge in [-0.15, -0.1) is 0 Å². The third-order valence-electron chi connectivity index (χ3n) is 4.56. The van der Waals surface area contributed by atoms with Crippen molar-refractivity contribution in [3.05, 3.63) is 59.7 Å². The summed E-state index contributed by atoms with van der Waals surface area (Å²) in [5.74, 6) is 0.511. The van der Waals surface area contributed by atoms with E-state index in [1.54, 1.807) is 40.0 Å². The second-order valence-corrected chi connectivity index (χ2v) is 8.51. The van der Waals surface area contributed by atoms with E-state index in [-0.39, 0.29) is 24.8 Å². The lowest BCUT2D eigenvalue weighted by atomic mass is 10.1. The number of alkyl carbamates (subject to hydrolysis) is 1. The van der Waals surface area contributed by atoms with E-state index in [2.05, 4.69) is 16.0 Å². The molecular formula is C25H33N3O5. The summed E-state index contributed by atoms with van der Waals surface area (Å²) in [6.07, 6.45) is 0.536. The van der Waals surface area contributed by atoms with Crippen molar-refractivity contribution in [2.24, 2.45) is 0 Å². The van der Waals surface area contributed by atoms with Gasteiger partial charge in [-0.25, -0.2) is 4.79 Å². The number of carbonyl (C=O) groups is 3. The smallest absolute Gasteiger partial charge is 0.407 e. The van der Waals surface area contributed by atoms with E-state index in [1.165, 1.54) is 0 Å². The molecule has 0 heterocycles. The monoisotopic (exact) mass is 455 g/mol. The molecule has 0 radical (unpaired) electrons. The normalized spacial score (nSPS) is 10.8. The maximum absolute atomic E-state index is 12.3. The molecule has 0 aliphatic rings. The molecule has 0 spiro atoms. The van der Waals surface area contributed by atoms with Crippen LogP contribution in [0.25, 0.3) is 0 Å². The summed E-state index contributed by atoms with van der Waals surface area (Å²) in [7, 11) is 1.61. The highest BCUT2D eigenvalue weighted by Gasteiger charge is 2.15. The zero-order valence-corrected chi connectivity index (χ0v) is 19.7. The Morgan fingerprint density at radius 3 is 2.24 bits per heavy atom. The predicted molar refractivity (Wildman–Crippen MR) is 127 cm³/mol. The minimum atomic E-state index is -0.576. The van der Waals surface area contributed by atoms with Crippen LogP contribution >= 0.6 is 0 Å². The van der Waals surface area contributed by atoms with Gasteiger partial charge in [0.25, 0.3) is 0 Å². The van der Waals surface area contributed by atoms with Crippen LogP contribution in [0.15, 0.2) is 48.5 Å². The van der Waals surface area contributed by atoms with Crippen molar-refractivity contribution in [3.63, 3.8) is 0 Å². The fourth-order valence-corrected chi connectivity index (χ4v) is 2.97. The van der Waals surface area contributed by atoms with Crippen molar-refractivity contribution >= 4 is 23.6 Å². The van der Waals surface area contributed by atoms with Crippen LogP contribution in [-0.4, -0.2) is 37.2 Å². The van der Waals surface area contributed by atoms with Crippen LogP contribution in [0.2, 0.25) is 0 Å². The lowest BCUT2D eigenvalue weighted by Crippen LogP contribution is -2.35. The first-order valence-corrected chi connectivity index (χ1v) is 10.9. The van der Waals surface area contributed by atoms with Crippen LogP contribution in [-0.2, 0) is 27.3 Å². The number of ether oxygens (including phenoxy) is 2. The fourth-order valence-electron chi connectivity index (χ4n) is 2.97. The van der Waals surface area contributed by atoms with Crippen molar-refractivity contribution in [1.82, 2.24) is 10.6 Å². The molecule has 8 nitrogen and oxygen atoms in total. The Kier molecular flexibility index (Phi) is 9.72. The van der Waals surface area contributed by atoms with Gasteiger partial charge in [0, 0.05) is 31.6 Å². The first-order valence-electron chi connectivity index (χ1n) is 10.9. The Morgan fingerprint density at radius 1 is 0.879 bits per heavy atom. The summed E-state index contributed by atoms with van der Waals surface area (Å²) >= 11 is 0. The molecule has 178 valence electrons. The molecule has 2 rings (SSSR count). The van der Waals surface area contributed by atoms with Crippen LogP contribution in [0, 0.1) is 0 Å². The third kappa shape index (κ3) is 10.1. The number of rotatable bonds is 10. The lowest BCUT2D eigenvalue weighted by molar-refractivity contribution is -0.121. The van der Waals surface area contributed by atoms with Crippen LogP contribution in [0.4, 0.5) is 10.5 Å². The summed E-state index contributed by atoms with van der Waals surface area (Å²) in [6, 6.07) is 14.9. The first-order chi connectivity index (χ1) is 15.7. The van der Waals surface area contributed by atoms with Crippen molar-refractivity contribution in [1.29, 1.82) is 0 Å². The Morgan fingerprint density at radius 2 is 1.58 bits per heavy atom. The number of nitrogens with one attached hydrogen (secondary N) is 3. The van der Waals surface area contributed by atoms with E-state index in [9.17, 15) is 14.4 Å². The molecule has 0 saturated heterocycles. The molecule has 2 aromatic carbocycles. The minimum Gasteiger partial charge on any atom is -0.496 e. The molecule has 0 aliphatic heterocycles. The van der Waals surface area contributed by atoms with Gasteiger partial charge in [0.1, 0.15) is 11.4 Å². The van der Waals surface area contributed by atoms with Crippen molar-refractivity contribution in [2.45, 2.75) is 52.2 Å². The third-order valence-corrected chi connectivity index (χ3v) is 4.56. The predicted octanol–water partition coefficient (Wildman–Crippen LogP) is 3.80. The molecule has 3 N–H and O–H groups in total. The summed E-state index contributed by atoms with van der Waals surface area (Å²) in [5.41, 5.74) is 2.00.